The predicted molar refractivity (Wildman–Crippen MR) is 259 cm³/mol. The molecule has 0 unspecified atom stereocenters. The molecule has 0 radical (unpaired) electrons. The summed E-state index contributed by atoms with van der Waals surface area (Å²) in [6.07, 6.45) is 1.97. The zero-order chi connectivity index (χ0) is 41.0. The molecule has 1 N–H and O–H groups in total. The van der Waals surface area contributed by atoms with Crippen molar-refractivity contribution in [2.24, 2.45) is 4.99 Å². The van der Waals surface area contributed by atoms with Gasteiger partial charge >= 0.3 is 0 Å². The average molecular weight is 792 g/mol. The minimum Gasteiger partial charge on any atom is -0.338 e. The Morgan fingerprint density at radius 3 is 1.90 bits per heavy atom. The highest BCUT2D eigenvalue weighted by molar-refractivity contribution is 6.23. The Hall–Kier alpha value is -8.41. The molecule has 5 heteroatoms. The molecule has 0 spiro atoms. The number of imidazole rings is 2. The highest BCUT2D eigenvalue weighted by Crippen LogP contribution is 2.46. The van der Waals surface area contributed by atoms with Crippen molar-refractivity contribution in [1.82, 2.24) is 19.5 Å². The predicted octanol–water partition coefficient (Wildman–Crippen LogP) is 14.8. The van der Waals surface area contributed by atoms with Crippen molar-refractivity contribution in [3.63, 3.8) is 0 Å². The molecule has 10 aromatic carbocycles. The van der Waals surface area contributed by atoms with Crippen LogP contribution in [-0.4, -0.2) is 25.7 Å². The first kappa shape index (κ1) is 35.5. The maximum Gasteiger partial charge on any atom is 0.145 e. The number of hydrogen-bond acceptors (Lipinski definition) is 3. The van der Waals surface area contributed by atoms with Gasteiger partial charge < -0.3 is 4.98 Å². The van der Waals surface area contributed by atoms with Crippen LogP contribution in [0.5, 0.6) is 0 Å². The normalized spacial score (nSPS) is 11.8. The summed E-state index contributed by atoms with van der Waals surface area (Å²) in [5, 5.41) is 7.04. The summed E-state index contributed by atoms with van der Waals surface area (Å²) >= 11 is 0. The van der Waals surface area contributed by atoms with Crippen molar-refractivity contribution in [2.45, 2.75) is 0 Å². The zero-order valence-electron chi connectivity index (χ0n) is 33.6. The molecule has 2 aromatic heterocycles. The third-order valence-corrected chi connectivity index (χ3v) is 12.0. The molecule has 0 saturated carbocycles. The first-order valence-corrected chi connectivity index (χ1v) is 20.9. The Balaban J connectivity index is 1.12. The van der Waals surface area contributed by atoms with Gasteiger partial charge in [-0.3, -0.25) is 9.56 Å². The fourth-order valence-electron chi connectivity index (χ4n) is 9.04. The van der Waals surface area contributed by atoms with Gasteiger partial charge in [-0.05, 0) is 127 Å². The smallest absolute Gasteiger partial charge is 0.145 e. The van der Waals surface area contributed by atoms with Gasteiger partial charge in [-0.2, -0.15) is 0 Å². The summed E-state index contributed by atoms with van der Waals surface area (Å²) in [6.45, 7) is 0. The molecule has 0 fully saturated rings. The van der Waals surface area contributed by atoms with E-state index >= 15 is 0 Å². The zero-order valence-corrected chi connectivity index (χ0v) is 33.6. The van der Waals surface area contributed by atoms with Crippen LogP contribution in [0.3, 0.4) is 0 Å². The Labute approximate surface area is 358 Å². The summed E-state index contributed by atoms with van der Waals surface area (Å²) in [5.74, 6) is 1.76. The number of nitrogens with zero attached hydrogens (tertiary/aromatic N) is 4. The van der Waals surface area contributed by atoms with Crippen LogP contribution in [0.1, 0.15) is 5.56 Å². The van der Waals surface area contributed by atoms with Gasteiger partial charge in [-0.15, -0.1) is 0 Å². The molecule has 5 nitrogen and oxygen atoms in total. The Kier molecular flexibility index (Phi) is 8.42. The number of benzene rings is 10. The molecular weight excluding hydrogens is 755 g/mol. The van der Waals surface area contributed by atoms with Crippen LogP contribution < -0.4 is 0 Å². The minimum absolute atomic E-state index is 0.845. The van der Waals surface area contributed by atoms with E-state index in [0.29, 0.717) is 0 Å². The van der Waals surface area contributed by atoms with Gasteiger partial charge in [0.15, 0.2) is 0 Å². The topological polar surface area (TPSA) is 58.9 Å². The lowest BCUT2D eigenvalue weighted by atomic mass is 9.84. The minimum atomic E-state index is 0.845. The summed E-state index contributed by atoms with van der Waals surface area (Å²) in [4.78, 5) is 18.6. The van der Waals surface area contributed by atoms with E-state index in [1.165, 1.54) is 16.3 Å². The van der Waals surface area contributed by atoms with Crippen molar-refractivity contribution in [1.29, 1.82) is 0 Å². The number of aromatic nitrogens is 4. The third-order valence-electron chi connectivity index (χ3n) is 12.0. The number of H-pyrrole nitrogens is 1. The van der Waals surface area contributed by atoms with E-state index in [-0.39, 0.29) is 0 Å². The maximum atomic E-state index is 5.12. The SMILES string of the molecule is C(=N\c1ccccc1)/c1ccc2c(-c3ccc4ccccc4c3)c3cc(-c4nc5ccccc5[nH]4)ccc3c(-c3ccc(-n4c(-c5ccccc5)nc5ccccc54)cc3)c2c1. The van der Waals surface area contributed by atoms with Crippen LogP contribution in [0.2, 0.25) is 0 Å². The molecule has 0 aliphatic carbocycles. The molecular formula is C57H37N5. The summed E-state index contributed by atoms with van der Waals surface area (Å²) in [7, 11) is 0. The number of fused-ring (bicyclic) bond motifs is 5. The van der Waals surface area contributed by atoms with Gasteiger partial charge in [-0.1, -0.05) is 146 Å². The fraction of sp³-hybridized carbons (Fsp3) is 0. The van der Waals surface area contributed by atoms with Crippen LogP contribution in [0.4, 0.5) is 5.69 Å². The number of aliphatic imine (C=N–C) groups is 1. The monoisotopic (exact) mass is 791 g/mol. The number of nitrogens with one attached hydrogen (secondary N) is 1. The van der Waals surface area contributed by atoms with E-state index in [2.05, 4.69) is 167 Å². The summed E-state index contributed by atoms with van der Waals surface area (Å²) in [6, 6.07) is 75.1. The van der Waals surface area contributed by atoms with Crippen molar-refractivity contribution < 1.29 is 0 Å². The van der Waals surface area contributed by atoms with Gasteiger partial charge in [0.1, 0.15) is 11.6 Å². The molecule has 62 heavy (non-hydrogen) atoms. The van der Waals surface area contributed by atoms with Gasteiger partial charge in [0.05, 0.1) is 27.8 Å². The molecule has 0 aliphatic rings. The number of para-hydroxylation sites is 5. The second-order valence-corrected chi connectivity index (χ2v) is 15.7. The Morgan fingerprint density at radius 2 is 1.08 bits per heavy atom. The maximum absolute atomic E-state index is 5.12. The molecule has 2 heterocycles. The standard InChI is InChI=1S/C57H37N5/c1-3-14-40(15-4-1)57-61-52-21-11-12-22-53(52)62(57)45-29-26-39(27-30-45)54-47-32-28-43(56-59-50-19-9-10-20-51(50)60-56)35-49(47)55(42-25-24-38-13-7-8-16-41(38)34-42)46-31-23-37(33-48(46)54)36-58-44-17-5-2-6-18-44/h1-36H,(H,59,60)/b58-36+. The molecule has 0 saturated heterocycles. The lowest BCUT2D eigenvalue weighted by Crippen LogP contribution is -1.98. The van der Waals surface area contributed by atoms with E-state index < -0.39 is 0 Å². The highest BCUT2D eigenvalue weighted by Gasteiger charge is 2.20. The van der Waals surface area contributed by atoms with Gasteiger partial charge in [0.25, 0.3) is 0 Å². The van der Waals surface area contributed by atoms with Crippen molar-refractivity contribution >= 4 is 66.3 Å². The number of hydrogen-bond donors (Lipinski definition) is 1. The first-order chi connectivity index (χ1) is 30.7. The van der Waals surface area contributed by atoms with E-state index in [0.717, 1.165) is 100 Å². The third kappa shape index (κ3) is 6.14. The molecule has 12 rings (SSSR count). The van der Waals surface area contributed by atoms with Crippen LogP contribution in [0.15, 0.2) is 217 Å². The summed E-state index contributed by atoms with van der Waals surface area (Å²) < 4.78 is 2.27. The first-order valence-electron chi connectivity index (χ1n) is 20.9. The number of aromatic amines is 1. The van der Waals surface area contributed by atoms with E-state index in [1.54, 1.807) is 0 Å². The van der Waals surface area contributed by atoms with Crippen LogP contribution in [-0.2, 0) is 0 Å². The Bertz CT molecular complexity index is 3640. The van der Waals surface area contributed by atoms with E-state index in [9.17, 15) is 0 Å². The highest BCUT2D eigenvalue weighted by atomic mass is 15.1. The molecule has 0 atom stereocenters. The van der Waals surface area contributed by atoms with Gasteiger partial charge in [0.2, 0.25) is 0 Å². The summed E-state index contributed by atoms with van der Waals surface area (Å²) in [5.41, 5.74) is 13.7. The lowest BCUT2D eigenvalue weighted by Gasteiger charge is -2.19. The average Bonchev–Trinajstić information content (AvgIpc) is 3.96. The Morgan fingerprint density at radius 1 is 0.435 bits per heavy atom. The largest absolute Gasteiger partial charge is 0.338 e. The van der Waals surface area contributed by atoms with Crippen molar-refractivity contribution in [3.05, 3.63) is 218 Å². The second kappa shape index (κ2) is 14.7. The molecule has 12 aromatic rings. The van der Waals surface area contributed by atoms with E-state index in [4.69, 9.17) is 15.0 Å². The van der Waals surface area contributed by atoms with Crippen LogP contribution >= 0.6 is 0 Å². The molecule has 0 bridgehead atoms. The number of rotatable bonds is 7. The molecule has 290 valence electrons. The quantitative estimate of drug-likeness (QED) is 0.129. The molecule has 0 aliphatic heterocycles. The molecule has 0 amide bonds. The lowest BCUT2D eigenvalue weighted by molar-refractivity contribution is 1.10. The van der Waals surface area contributed by atoms with Crippen LogP contribution in [0.25, 0.3) is 105 Å². The van der Waals surface area contributed by atoms with Gasteiger partial charge in [0, 0.05) is 23.0 Å². The van der Waals surface area contributed by atoms with Gasteiger partial charge in [-0.25, -0.2) is 9.97 Å². The second-order valence-electron chi connectivity index (χ2n) is 15.7. The van der Waals surface area contributed by atoms with Crippen molar-refractivity contribution in [2.75, 3.05) is 0 Å². The fourth-order valence-corrected chi connectivity index (χ4v) is 9.04. The van der Waals surface area contributed by atoms with Crippen molar-refractivity contribution in [3.8, 4) is 50.7 Å². The van der Waals surface area contributed by atoms with Crippen LogP contribution in [0, 0.1) is 0 Å². The van der Waals surface area contributed by atoms with E-state index in [1.807, 2.05) is 60.8 Å².